The highest BCUT2D eigenvalue weighted by Gasteiger charge is 2.32. The van der Waals surface area contributed by atoms with Gasteiger partial charge in [-0.1, -0.05) is 30.3 Å². The molecule has 1 aromatic carbocycles. The molecule has 2 aliphatic rings. The van der Waals surface area contributed by atoms with Crippen LogP contribution in [-0.4, -0.2) is 117 Å². The van der Waals surface area contributed by atoms with Crippen LogP contribution in [0.25, 0.3) is 11.4 Å². The predicted molar refractivity (Wildman–Crippen MR) is 151 cm³/mol. The fraction of sp³-hybridized carbons (Fsp3) is 0.517. The number of carboxylic acid groups (broad SMARTS) is 1. The number of carbonyl (C=O) groups is 4. The number of nitrogens with zero attached hydrogens (tertiary/aromatic N) is 5. The van der Waals surface area contributed by atoms with E-state index in [9.17, 15) is 29.4 Å². The van der Waals surface area contributed by atoms with Crippen molar-refractivity contribution >= 4 is 23.9 Å². The molecule has 2 aromatic rings. The van der Waals surface area contributed by atoms with E-state index >= 15 is 0 Å². The summed E-state index contributed by atoms with van der Waals surface area (Å²) in [6, 6.07) is 9.71. The molecule has 2 saturated heterocycles. The molecule has 2 atom stereocenters. The lowest BCUT2D eigenvalue weighted by Crippen LogP contribution is -2.56. The molecule has 2 fully saturated rings. The molecule has 13 nitrogen and oxygen atoms in total. The van der Waals surface area contributed by atoms with Gasteiger partial charge in [-0.05, 0) is 38.8 Å². The van der Waals surface area contributed by atoms with Crippen LogP contribution in [0, 0.1) is 0 Å². The maximum absolute atomic E-state index is 13.6. The van der Waals surface area contributed by atoms with Crippen LogP contribution in [-0.2, 0) is 20.9 Å². The second kappa shape index (κ2) is 14.7. The molecule has 3 N–H and O–H groups in total. The van der Waals surface area contributed by atoms with Gasteiger partial charge in [-0.25, -0.2) is 14.8 Å². The van der Waals surface area contributed by atoms with Gasteiger partial charge in [0.1, 0.15) is 11.7 Å². The molecule has 0 saturated carbocycles. The first-order chi connectivity index (χ1) is 20.3. The summed E-state index contributed by atoms with van der Waals surface area (Å²) < 4.78 is 5.03. The summed E-state index contributed by atoms with van der Waals surface area (Å²) in [5, 5.41) is 21.8. The van der Waals surface area contributed by atoms with E-state index in [0.717, 1.165) is 19.4 Å². The first-order valence-corrected chi connectivity index (χ1v) is 14.3. The Labute approximate surface area is 244 Å². The van der Waals surface area contributed by atoms with Crippen LogP contribution in [0.5, 0.6) is 0 Å². The average molecular weight is 583 g/mol. The highest BCUT2D eigenvalue weighted by molar-refractivity contribution is 5.96. The van der Waals surface area contributed by atoms with Crippen molar-refractivity contribution in [3.05, 3.63) is 47.8 Å². The number of carboxylic acids is 1. The Kier molecular flexibility index (Phi) is 10.8. The summed E-state index contributed by atoms with van der Waals surface area (Å²) in [6.45, 7) is 4.21. The zero-order chi connectivity index (χ0) is 30.1. The lowest BCUT2D eigenvalue weighted by Gasteiger charge is -2.35. The van der Waals surface area contributed by atoms with Crippen LogP contribution in [0.3, 0.4) is 0 Å². The minimum Gasteiger partial charge on any atom is -0.481 e. The highest BCUT2D eigenvalue weighted by Crippen LogP contribution is 2.22. The Morgan fingerprint density at radius 2 is 1.76 bits per heavy atom. The molecule has 2 unspecified atom stereocenters. The van der Waals surface area contributed by atoms with Gasteiger partial charge in [-0.3, -0.25) is 19.3 Å². The molecule has 42 heavy (non-hydrogen) atoms. The number of rotatable bonds is 11. The van der Waals surface area contributed by atoms with Gasteiger partial charge >= 0.3 is 12.1 Å². The number of likely N-dealkylation sites (tertiary alicyclic amines) is 1. The summed E-state index contributed by atoms with van der Waals surface area (Å²) in [7, 11) is 0. The van der Waals surface area contributed by atoms with Gasteiger partial charge in [0, 0.05) is 50.7 Å². The molecule has 1 aromatic heterocycles. The van der Waals surface area contributed by atoms with Crippen LogP contribution in [0.15, 0.2) is 36.4 Å². The third kappa shape index (κ3) is 8.01. The Balaban J connectivity index is 1.54. The topological polar surface area (TPSA) is 166 Å². The van der Waals surface area contributed by atoms with Gasteiger partial charge in [0.2, 0.25) is 5.91 Å². The van der Waals surface area contributed by atoms with E-state index in [0.29, 0.717) is 23.6 Å². The normalized spacial score (nSPS) is 18.0. The first kappa shape index (κ1) is 30.8. The van der Waals surface area contributed by atoms with Crippen molar-refractivity contribution in [3.63, 3.8) is 0 Å². The lowest BCUT2D eigenvalue weighted by molar-refractivity contribution is -0.138. The van der Waals surface area contributed by atoms with Crippen molar-refractivity contribution in [3.8, 4) is 11.4 Å². The zero-order valence-corrected chi connectivity index (χ0v) is 23.8. The molecule has 0 bridgehead atoms. The van der Waals surface area contributed by atoms with Gasteiger partial charge in [-0.2, -0.15) is 0 Å². The summed E-state index contributed by atoms with van der Waals surface area (Å²) in [6.07, 6.45) is 0.959. The fourth-order valence-electron chi connectivity index (χ4n) is 5.23. The van der Waals surface area contributed by atoms with E-state index < -0.39 is 29.9 Å². The number of carbonyl (C=O) groups excluding carboxylic acids is 3. The Bertz CT molecular complexity index is 1250. The van der Waals surface area contributed by atoms with E-state index in [1.165, 1.54) is 9.80 Å². The van der Waals surface area contributed by atoms with E-state index in [1.54, 1.807) is 13.0 Å². The number of aliphatic hydroxyl groups excluding tert-OH is 1. The second-order valence-corrected chi connectivity index (χ2v) is 10.4. The number of ether oxygens (including phenoxy) is 1. The molecular weight excluding hydrogens is 544 g/mol. The number of hydrogen-bond acceptors (Lipinski definition) is 9. The predicted octanol–water partition coefficient (Wildman–Crippen LogP) is 1.36. The van der Waals surface area contributed by atoms with E-state index in [2.05, 4.69) is 15.2 Å². The molecule has 3 amide bonds. The number of amides is 3. The molecule has 226 valence electrons. The fourth-order valence-corrected chi connectivity index (χ4v) is 5.23. The maximum Gasteiger partial charge on any atom is 0.409 e. The Morgan fingerprint density at radius 1 is 1.05 bits per heavy atom. The molecule has 13 heteroatoms. The van der Waals surface area contributed by atoms with Crippen molar-refractivity contribution < 1.29 is 34.1 Å². The molecule has 0 radical (unpaired) electrons. The first-order valence-electron chi connectivity index (χ1n) is 14.3. The van der Waals surface area contributed by atoms with Crippen molar-refractivity contribution in [2.24, 2.45) is 0 Å². The molecular formula is C29H38N6O7. The average Bonchev–Trinajstić information content (AvgIpc) is 3.46. The third-order valence-corrected chi connectivity index (χ3v) is 7.49. The van der Waals surface area contributed by atoms with E-state index in [-0.39, 0.29) is 64.0 Å². The van der Waals surface area contributed by atoms with Gasteiger partial charge in [-0.15, -0.1) is 0 Å². The molecule has 0 spiro atoms. The minimum atomic E-state index is -1.10. The van der Waals surface area contributed by atoms with Crippen molar-refractivity contribution in [1.82, 2.24) is 30.0 Å². The van der Waals surface area contributed by atoms with Crippen LogP contribution in [0.1, 0.15) is 48.8 Å². The number of hydrogen-bond donors (Lipinski definition) is 3. The second-order valence-electron chi connectivity index (χ2n) is 10.4. The highest BCUT2D eigenvalue weighted by atomic mass is 16.6. The minimum absolute atomic E-state index is 0.0136. The summed E-state index contributed by atoms with van der Waals surface area (Å²) in [5.74, 6) is -1.78. The maximum atomic E-state index is 13.6. The van der Waals surface area contributed by atoms with E-state index in [4.69, 9.17) is 9.72 Å². The van der Waals surface area contributed by atoms with Crippen molar-refractivity contribution in [1.29, 1.82) is 0 Å². The SMILES string of the molecule is CCOC(=O)N1CCN(C(=O)C(CCC(=O)O)NC(=O)c2cc(CN3CCCC3CO)nc(-c3ccccc3)n2)CC1. The number of aromatic nitrogens is 2. The molecule has 2 aliphatic heterocycles. The number of aliphatic hydroxyl groups is 1. The Hall–Kier alpha value is -4.10. The number of aliphatic carboxylic acids is 1. The number of benzene rings is 1. The zero-order valence-electron chi connectivity index (χ0n) is 23.8. The number of nitrogens with one attached hydrogen (secondary N) is 1. The van der Waals surface area contributed by atoms with Crippen LogP contribution in [0.2, 0.25) is 0 Å². The lowest BCUT2D eigenvalue weighted by atomic mass is 10.1. The molecule has 0 aliphatic carbocycles. The Morgan fingerprint density at radius 3 is 2.43 bits per heavy atom. The van der Waals surface area contributed by atoms with Gasteiger partial charge in [0.05, 0.1) is 18.9 Å². The summed E-state index contributed by atoms with van der Waals surface area (Å²) in [5.41, 5.74) is 1.36. The smallest absolute Gasteiger partial charge is 0.409 e. The monoisotopic (exact) mass is 582 g/mol. The number of piperazine rings is 1. The largest absolute Gasteiger partial charge is 0.481 e. The van der Waals surface area contributed by atoms with Gasteiger partial charge in [0.15, 0.2) is 5.82 Å². The van der Waals surface area contributed by atoms with Gasteiger partial charge in [0.25, 0.3) is 5.91 Å². The van der Waals surface area contributed by atoms with Gasteiger partial charge < -0.3 is 30.1 Å². The van der Waals surface area contributed by atoms with Crippen molar-refractivity contribution in [2.75, 3.05) is 45.9 Å². The molecule has 4 rings (SSSR count). The van der Waals surface area contributed by atoms with Crippen LogP contribution >= 0.6 is 0 Å². The quantitative estimate of drug-likeness (QED) is 0.352. The van der Waals surface area contributed by atoms with E-state index in [1.807, 2.05) is 30.3 Å². The third-order valence-electron chi connectivity index (χ3n) is 7.49. The summed E-state index contributed by atoms with van der Waals surface area (Å²) >= 11 is 0. The molecule has 3 heterocycles. The standard InChI is InChI=1S/C29H38N6O7/c1-2-42-29(41)34-15-13-33(14-16-34)28(40)23(10-11-25(37)38)32-27(39)24-17-21(18-35-12-6-9-22(35)19-36)30-26(31-24)20-7-4-3-5-8-20/h3-5,7-8,17,22-23,36H,2,6,9-16,18-19H2,1H3,(H,32,39)(H,37,38). The van der Waals surface area contributed by atoms with Crippen LogP contribution in [0.4, 0.5) is 4.79 Å². The van der Waals surface area contributed by atoms with Crippen molar-refractivity contribution in [2.45, 2.75) is 51.2 Å². The van der Waals surface area contributed by atoms with Crippen LogP contribution < -0.4 is 5.32 Å². The summed E-state index contributed by atoms with van der Waals surface area (Å²) in [4.78, 5) is 64.7.